The minimum Gasteiger partial charge on any atom is -0.478 e. The summed E-state index contributed by atoms with van der Waals surface area (Å²) in [6.45, 7) is 4.27. The number of benzene rings is 1. The highest BCUT2D eigenvalue weighted by molar-refractivity contribution is 7.16. The average molecular weight is 325 g/mol. The van der Waals surface area contributed by atoms with Crippen LogP contribution in [0.5, 0.6) is 0 Å². The molecule has 0 aliphatic heterocycles. The molecule has 1 aromatic carbocycles. The van der Waals surface area contributed by atoms with E-state index in [1.54, 1.807) is 0 Å². The number of nitrogen functional groups attached to an aromatic ring is 1. The SMILES string of the molecule is CC1(C)CC(/C=C/c2ccccc2)=Cc2c1sc(N)c2C(=O)O. The molecule has 4 heteroatoms. The number of aromatic carboxylic acids is 1. The molecule has 23 heavy (non-hydrogen) atoms. The highest BCUT2D eigenvalue weighted by atomic mass is 32.1. The van der Waals surface area contributed by atoms with Crippen molar-refractivity contribution in [2.45, 2.75) is 25.7 Å². The van der Waals surface area contributed by atoms with Gasteiger partial charge in [-0.2, -0.15) is 0 Å². The normalized spacial score (nSPS) is 16.2. The zero-order valence-electron chi connectivity index (χ0n) is 13.2. The Morgan fingerprint density at radius 3 is 2.61 bits per heavy atom. The van der Waals surface area contributed by atoms with Crippen LogP contribution >= 0.6 is 11.3 Å². The lowest BCUT2D eigenvalue weighted by molar-refractivity contribution is 0.0698. The summed E-state index contributed by atoms with van der Waals surface area (Å²) >= 11 is 1.40. The number of carbonyl (C=O) groups is 1. The lowest BCUT2D eigenvalue weighted by atomic mass is 9.77. The van der Waals surface area contributed by atoms with Gasteiger partial charge >= 0.3 is 5.97 Å². The Hall–Kier alpha value is -2.33. The van der Waals surface area contributed by atoms with Gasteiger partial charge in [-0.15, -0.1) is 11.3 Å². The van der Waals surface area contributed by atoms with E-state index in [2.05, 4.69) is 26.0 Å². The number of hydrogen-bond acceptors (Lipinski definition) is 3. The highest BCUT2D eigenvalue weighted by Crippen LogP contribution is 2.46. The van der Waals surface area contributed by atoms with Gasteiger partial charge in [0.1, 0.15) is 10.6 Å². The number of fused-ring (bicyclic) bond motifs is 1. The molecule has 1 heterocycles. The van der Waals surface area contributed by atoms with E-state index >= 15 is 0 Å². The second-order valence-corrected chi connectivity index (χ2v) is 7.47. The van der Waals surface area contributed by atoms with Crippen molar-refractivity contribution in [2.24, 2.45) is 0 Å². The standard InChI is InChI=1S/C19H19NO2S/c1-19(2)11-13(9-8-12-6-4-3-5-7-12)10-14-15(18(21)22)17(20)23-16(14)19/h3-10H,11,20H2,1-2H3,(H,21,22)/b9-8+. The second-order valence-electron chi connectivity index (χ2n) is 6.41. The van der Waals surface area contributed by atoms with E-state index in [1.807, 2.05) is 36.4 Å². The molecule has 1 aliphatic carbocycles. The summed E-state index contributed by atoms with van der Waals surface area (Å²) in [6, 6.07) is 10.1. The predicted molar refractivity (Wildman–Crippen MR) is 96.8 cm³/mol. The van der Waals surface area contributed by atoms with Crippen molar-refractivity contribution in [3.63, 3.8) is 0 Å². The maximum Gasteiger partial charge on any atom is 0.339 e. The molecule has 0 amide bonds. The molecule has 2 aromatic rings. The number of allylic oxidation sites excluding steroid dienone is 2. The van der Waals surface area contributed by atoms with E-state index in [0.717, 1.165) is 28.0 Å². The molecule has 0 unspecified atom stereocenters. The third kappa shape index (κ3) is 2.94. The molecule has 0 saturated carbocycles. The average Bonchev–Trinajstić information content (AvgIpc) is 2.83. The van der Waals surface area contributed by atoms with E-state index in [4.69, 9.17) is 5.73 Å². The molecule has 3 N–H and O–H groups in total. The summed E-state index contributed by atoms with van der Waals surface area (Å²) < 4.78 is 0. The summed E-state index contributed by atoms with van der Waals surface area (Å²) in [5.41, 5.74) is 9.08. The fourth-order valence-corrected chi connectivity index (χ4v) is 4.16. The molecule has 3 rings (SSSR count). The summed E-state index contributed by atoms with van der Waals surface area (Å²) in [7, 11) is 0. The van der Waals surface area contributed by atoms with E-state index in [-0.39, 0.29) is 11.0 Å². The molecular formula is C19H19NO2S. The van der Waals surface area contributed by atoms with Crippen LogP contribution in [0.3, 0.4) is 0 Å². The molecule has 118 valence electrons. The van der Waals surface area contributed by atoms with Gasteiger partial charge < -0.3 is 10.8 Å². The molecule has 0 saturated heterocycles. The molecule has 0 spiro atoms. The summed E-state index contributed by atoms with van der Waals surface area (Å²) in [4.78, 5) is 12.6. The van der Waals surface area contributed by atoms with Gasteiger partial charge in [-0.1, -0.05) is 56.3 Å². The van der Waals surface area contributed by atoms with E-state index in [9.17, 15) is 9.90 Å². The van der Waals surface area contributed by atoms with Gasteiger partial charge in [0.05, 0.1) is 0 Å². The highest BCUT2D eigenvalue weighted by Gasteiger charge is 2.34. The largest absolute Gasteiger partial charge is 0.478 e. The van der Waals surface area contributed by atoms with E-state index in [0.29, 0.717) is 5.00 Å². The number of hydrogen-bond donors (Lipinski definition) is 2. The first-order chi connectivity index (χ1) is 10.9. The smallest absolute Gasteiger partial charge is 0.339 e. The Kier molecular flexibility index (Phi) is 3.86. The second kappa shape index (κ2) is 5.70. The van der Waals surface area contributed by atoms with Gasteiger partial charge in [0.2, 0.25) is 0 Å². The quantitative estimate of drug-likeness (QED) is 0.851. The van der Waals surface area contributed by atoms with Crippen molar-refractivity contribution in [3.05, 3.63) is 63.5 Å². The van der Waals surface area contributed by atoms with E-state index < -0.39 is 5.97 Å². The summed E-state index contributed by atoms with van der Waals surface area (Å²) in [5.74, 6) is -0.958. The molecule has 1 aliphatic rings. The van der Waals surface area contributed by atoms with Crippen LogP contribution in [0.4, 0.5) is 5.00 Å². The summed E-state index contributed by atoms with van der Waals surface area (Å²) in [5, 5.41) is 9.84. The zero-order chi connectivity index (χ0) is 16.6. The van der Waals surface area contributed by atoms with Crippen molar-refractivity contribution >= 4 is 34.5 Å². The first-order valence-corrected chi connectivity index (χ1v) is 8.30. The number of carboxylic acids is 1. The first kappa shape index (κ1) is 15.6. The van der Waals surface area contributed by atoms with Gasteiger partial charge in [0.25, 0.3) is 0 Å². The van der Waals surface area contributed by atoms with Crippen molar-refractivity contribution in [3.8, 4) is 0 Å². The topological polar surface area (TPSA) is 63.3 Å². The number of thiophene rings is 1. The van der Waals surface area contributed by atoms with Crippen LogP contribution in [0.1, 0.15) is 46.6 Å². The van der Waals surface area contributed by atoms with Crippen LogP contribution in [0.25, 0.3) is 12.2 Å². The Morgan fingerprint density at radius 1 is 1.26 bits per heavy atom. The van der Waals surface area contributed by atoms with Gasteiger partial charge in [0.15, 0.2) is 0 Å². The van der Waals surface area contributed by atoms with Gasteiger partial charge in [-0.25, -0.2) is 4.79 Å². The maximum absolute atomic E-state index is 11.5. The van der Waals surface area contributed by atoms with Crippen LogP contribution < -0.4 is 5.73 Å². The van der Waals surface area contributed by atoms with Crippen molar-refractivity contribution in [2.75, 3.05) is 5.73 Å². The molecule has 3 nitrogen and oxygen atoms in total. The fraction of sp³-hybridized carbons (Fsp3) is 0.211. The van der Waals surface area contributed by atoms with Gasteiger partial charge in [-0.05, 0) is 23.6 Å². The minimum absolute atomic E-state index is 0.118. The van der Waals surface area contributed by atoms with Crippen molar-refractivity contribution in [1.82, 2.24) is 0 Å². The number of carboxylic acid groups (broad SMARTS) is 1. The monoisotopic (exact) mass is 325 g/mol. The third-order valence-corrected chi connectivity index (χ3v) is 5.47. The fourth-order valence-electron chi connectivity index (χ4n) is 3.02. The number of rotatable bonds is 3. The van der Waals surface area contributed by atoms with Crippen LogP contribution in [0, 0.1) is 0 Å². The molecule has 0 bridgehead atoms. The maximum atomic E-state index is 11.5. The lowest BCUT2D eigenvalue weighted by Crippen LogP contribution is -2.20. The Balaban J connectivity index is 2.04. The molecule has 0 radical (unpaired) electrons. The number of anilines is 1. The minimum atomic E-state index is -0.958. The van der Waals surface area contributed by atoms with Gasteiger partial charge in [-0.3, -0.25) is 0 Å². The molecule has 1 aromatic heterocycles. The van der Waals surface area contributed by atoms with Crippen LogP contribution in [-0.4, -0.2) is 11.1 Å². The third-order valence-electron chi connectivity index (χ3n) is 4.07. The van der Waals surface area contributed by atoms with Crippen LogP contribution in [-0.2, 0) is 5.41 Å². The van der Waals surface area contributed by atoms with Gasteiger partial charge in [0, 0.05) is 15.9 Å². The Bertz CT molecular complexity index is 813. The summed E-state index contributed by atoms with van der Waals surface area (Å²) in [6.07, 6.45) is 6.96. The lowest BCUT2D eigenvalue weighted by Gasteiger charge is -2.29. The van der Waals surface area contributed by atoms with Crippen molar-refractivity contribution < 1.29 is 9.90 Å². The molecular weight excluding hydrogens is 306 g/mol. The Morgan fingerprint density at radius 2 is 1.96 bits per heavy atom. The first-order valence-electron chi connectivity index (χ1n) is 7.48. The van der Waals surface area contributed by atoms with Crippen molar-refractivity contribution in [1.29, 1.82) is 0 Å². The van der Waals surface area contributed by atoms with E-state index in [1.165, 1.54) is 11.3 Å². The number of nitrogens with two attached hydrogens (primary N) is 1. The van der Waals surface area contributed by atoms with Crippen LogP contribution in [0.15, 0.2) is 42.0 Å². The predicted octanol–water partition coefficient (Wildman–Crippen LogP) is 4.81. The van der Waals surface area contributed by atoms with Crippen LogP contribution in [0.2, 0.25) is 0 Å². The molecule has 0 fully saturated rings. The molecule has 0 atom stereocenters. The zero-order valence-corrected chi connectivity index (χ0v) is 14.0. The Labute approximate surface area is 139 Å².